The molecule has 0 atom stereocenters. The number of rotatable bonds is 11. The summed E-state index contributed by atoms with van der Waals surface area (Å²) in [6.45, 7) is 4.85. The number of nitrogens with zero attached hydrogens (tertiary/aromatic N) is 3. The van der Waals surface area contributed by atoms with Gasteiger partial charge in [-0.25, -0.2) is 4.39 Å². The predicted molar refractivity (Wildman–Crippen MR) is 128 cm³/mol. The van der Waals surface area contributed by atoms with E-state index in [1.165, 1.54) is 17.8 Å². The number of nitrogens with one attached hydrogen (secondary N) is 1. The molecule has 1 N–H and O–H groups in total. The van der Waals surface area contributed by atoms with E-state index in [0.29, 0.717) is 46.8 Å². The summed E-state index contributed by atoms with van der Waals surface area (Å²) >= 11 is 7.65. The van der Waals surface area contributed by atoms with E-state index >= 15 is 0 Å². The van der Waals surface area contributed by atoms with Crippen LogP contribution in [0.4, 0.5) is 4.39 Å². The van der Waals surface area contributed by atoms with Crippen molar-refractivity contribution in [2.45, 2.75) is 50.4 Å². The number of benzene rings is 2. The van der Waals surface area contributed by atoms with Crippen molar-refractivity contribution < 1.29 is 9.18 Å². The van der Waals surface area contributed by atoms with Gasteiger partial charge >= 0.3 is 0 Å². The minimum absolute atomic E-state index is 0.0798. The van der Waals surface area contributed by atoms with E-state index in [9.17, 15) is 9.18 Å². The van der Waals surface area contributed by atoms with Crippen LogP contribution in [0.2, 0.25) is 5.02 Å². The topological polar surface area (TPSA) is 59.8 Å². The van der Waals surface area contributed by atoms with Gasteiger partial charge in [-0.05, 0) is 48.6 Å². The van der Waals surface area contributed by atoms with Gasteiger partial charge in [0.15, 0.2) is 5.16 Å². The van der Waals surface area contributed by atoms with Crippen LogP contribution in [0.3, 0.4) is 0 Å². The average molecular weight is 475 g/mol. The van der Waals surface area contributed by atoms with Gasteiger partial charge in [0.1, 0.15) is 11.6 Å². The molecule has 0 aliphatic carbocycles. The number of thioether (sulfide) groups is 1. The zero-order valence-corrected chi connectivity index (χ0v) is 19.9. The number of carbonyl (C=O) groups excluding carboxylic acids is 1. The van der Waals surface area contributed by atoms with Gasteiger partial charge in [0.25, 0.3) is 0 Å². The van der Waals surface area contributed by atoms with E-state index in [-0.39, 0.29) is 11.7 Å². The molecule has 0 bridgehead atoms. The molecule has 1 aromatic heterocycles. The van der Waals surface area contributed by atoms with Gasteiger partial charge in [-0.3, -0.25) is 9.36 Å². The number of aromatic nitrogens is 3. The summed E-state index contributed by atoms with van der Waals surface area (Å²) in [4.78, 5) is 11.9. The quantitative estimate of drug-likeness (QED) is 0.280. The van der Waals surface area contributed by atoms with E-state index in [4.69, 9.17) is 11.6 Å². The zero-order chi connectivity index (χ0) is 22.9. The van der Waals surface area contributed by atoms with Crippen molar-refractivity contribution in [1.29, 1.82) is 0 Å². The Morgan fingerprint density at radius 2 is 1.97 bits per heavy atom. The highest BCUT2D eigenvalue weighted by atomic mass is 35.5. The third-order valence-electron chi connectivity index (χ3n) is 4.84. The Hall–Kier alpha value is -2.38. The second-order valence-corrected chi connectivity index (χ2v) is 9.38. The summed E-state index contributed by atoms with van der Waals surface area (Å²) in [5.74, 6) is 1.53. The Morgan fingerprint density at radius 3 is 2.72 bits per heavy atom. The standard InChI is InChI=1S/C24H28ClFN4OS/c1-17(2)15-27-23(31)13-6-5-12-22-28-29-24(30(22)20-10-7-9-19(25)14-20)32-16-18-8-3-4-11-21(18)26/h3-4,7-11,14,17H,5-6,12-13,15-16H2,1-2H3,(H,27,31). The van der Waals surface area contributed by atoms with E-state index in [1.54, 1.807) is 12.1 Å². The second kappa shape index (κ2) is 12.0. The van der Waals surface area contributed by atoms with Crippen LogP contribution in [0.5, 0.6) is 0 Å². The molecule has 0 radical (unpaired) electrons. The summed E-state index contributed by atoms with van der Waals surface area (Å²) in [6, 6.07) is 14.2. The summed E-state index contributed by atoms with van der Waals surface area (Å²) in [5, 5.41) is 13.0. The van der Waals surface area contributed by atoms with Crippen LogP contribution in [0.1, 0.15) is 44.5 Å². The molecule has 0 fully saturated rings. The summed E-state index contributed by atoms with van der Waals surface area (Å²) < 4.78 is 16.0. The third-order valence-corrected chi connectivity index (χ3v) is 6.06. The van der Waals surface area contributed by atoms with Crippen molar-refractivity contribution in [2.24, 2.45) is 5.92 Å². The number of aryl methyl sites for hydroxylation is 1. The molecule has 1 heterocycles. The van der Waals surface area contributed by atoms with Crippen molar-refractivity contribution in [3.8, 4) is 5.69 Å². The Morgan fingerprint density at radius 1 is 1.16 bits per heavy atom. The minimum atomic E-state index is -0.232. The maximum absolute atomic E-state index is 14.0. The molecule has 0 spiro atoms. The molecule has 0 aliphatic heterocycles. The lowest BCUT2D eigenvalue weighted by molar-refractivity contribution is -0.121. The third kappa shape index (κ3) is 7.07. The van der Waals surface area contributed by atoms with Crippen LogP contribution in [-0.4, -0.2) is 27.2 Å². The normalized spacial score (nSPS) is 11.2. The summed E-state index contributed by atoms with van der Waals surface area (Å²) in [5.41, 5.74) is 1.48. The second-order valence-electron chi connectivity index (χ2n) is 8.00. The predicted octanol–water partition coefficient (Wildman–Crippen LogP) is 5.84. The van der Waals surface area contributed by atoms with Gasteiger partial charge in [0, 0.05) is 30.2 Å². The first-order valence-electron chi connectivity index (χ1n) is 10.8. The van der Waals surface area contributed by atoms with Gasteiger partial charge in [-0.15, -0.1) is 10.2 Å². The summed E-state index contributed by atoms with van der Waals surface area (Å²) in [7, 11) is 0. The molecule has 5 nitrogen and oxygen atoms in total. The first-order chi connectivity index (χ1) is 15.4. The lowest BCUT2D eigenvalue weighted by Crippen LogP contribution is -2.26. The molecular weight excluding hydrogens is 447 g/mol. The largest absolute Gasteiger partial charge is 0.356 e. The van der Waals surface area contributed by atoms with Gasteiger partial charge in [-0.1, -0.05) is 61.5 Å². The molecule has 2 aromatic carbocycles. The van der Waals surface area contributed by atoms with Gasteiger partial charge < -0.3 is 5.32 Å². The molecule has 32 heavy (non-hydrogen) atoms. The first-order valence-corrected chi connectivity index (χ1v) is 12.1. The van der Waals surface area contributed by atoms with Crippen LogP contribution in [0.15, 0.2) is 53.7 Å². The van der Waals surface area contributed by atoms with Crippen molar-refractivity contribution in [1.82, 2.24) is 20.1 Å². The molecule has 3 aromatic rings. The maximum Gasteiger partial charge on any atom is 0.220 e. The molecule has 170 valence electrons. The molecule has 8 heteroatoms. The smallest absolute Gasteiger partial charge is 0.220 e. The molecule has 0 saturated carbocycles. The molecule has 0 unspecified atom stereocenters. The van der Waals surface area contributed by atoms with E-state index in [2.05, 4.69) is 29.4 Å². The van der Waals surface area contributed by atoms with Crippen LogP contribution in [0, 0.1) is 11.7 Å². The van der Waals surface area contributed by atoms with Crippen molar-refractivity contribution in [2.75, 3.05) is 6.54 Å². The number of unbranched alkanes of at least 4 members (excludes halogenated alkanes) is 1. The van der Waals surface area contributed by atoms with Crippen molar-refractivity contribution in [3.05, 3.63) is 70.8 Å². The zero-order valence-electron chi connectivity index (χ0n) is 18.4. The van der Waals surface area contributed by atoms with Gasteiger partial charge in [-0.2, -0.15) is 0 Å². The van der Waals surface area contributed by atoms with E-state index < -0.39 is 0 Å². The van der Waals surface area contributed by atoms with Crippen LogP contribution in [0.25, 0.3) is 5.69 Å². The minimum Gasteiger partial charge on any atom is -0.356 e. The van der Waals surface area contributed by atoms with Crippen LogP contribution < -0.4 is 5.32 Å². The molecule has 0 aliphatic rings. The number of hydrogen-bond donors (Lipinski definition) is 1. The van der Waals surface area contributed by atoms with E-state index in [1.807, 2.05) is 34.9 Å². The summed E-state index contributed by atoms with van der Waals surface area (Å²) in [6.07, 6.45) is 2.75. The Kier molecular flexibility index (Phi) is 9.11. The van der Waals surface area contributed by atoms with E-state index in [0.717, 1.165) is 24.4 Å². The monoisotopic (exact) mass is 474 g/mol. The van der Waals surface area contributed by atoms with Gasteiger partial charge in [0.2, 0.25) is 5.91 Å². The Bertz CT molecular complexity index is 1040. The fourth-order valence-electron chi connectivity index (χ4n) is 3.16. The molecule has 1 amide bonds. The van der Waals surface area contributed by atoms with Gasteiger partial charge in [0.05, 0.1) is 5.69 Å². The SMILES string of the molecule is CC(C)CNC(=O)CCCCc1nnc(SCc2ccccc2F)n1-c1cccc(Cl)c1. The molecular formula is C24H28ClFN4OS. The lowest BCUT2D eigenvalue weighted by atomic mass is 10.1. The van der Waals surface area contributed by atoms with Crippen molar-refractivity contribution in [3.63, 3.8) is 0 Å². The molecule has 0 saturated heterocycles. The first kappa shape index (κ1) is 24.3. The highest BCUT2D eigenvalue weighted by Gasteiger charge is 2.16. The lowest BCUT2D eigenvalue weighted by Gasteiger charge is -2.11. The highest BCUT2D eigenvalue weighted by molar-refractivity contribution is 7.98. The molecule has 3 rings (SSSR count). The maximum atomic E-state index is 14.0. The fraction of sp³-hybridized carbons (Fsp3) is 0.375. The van der Waals surface area contributed by atoms with Crippen molar-refractivity contribution >= 4 is 29.3 Å². The fourth-order valence-corrected chi connectivity index (χ4v) is 4.30. The number of halogens is 2. The van der Waals surface area contributed by atoms with Crippen LogP contribution >= 0.6 is 23.4 Å². The number of hydrogen-bond acceptors (Lipinski definition) is 4. The van der Waals surface area contributed by atoms with Crippen LogP contribution in [-0.2, 0) is 17.0 Å². The Balaban J connectivity index is 1.69. The number of amides is 1. The highest BCUT2D eigenvalue weighted by Crippen LogP contribution is 2.28. The Labute approximate surface area is 197 Å². The number of carbonyl (C=O) groups is 1. The average Bonchev–Trinajstić information content (AvgIpc) is 3.17.